The molecule has 4 nitrogen and oxygen atoms in total. The second-order valence-corrected chi connectivity index (χ2v) is 3.14. The van der Waals surface area contributed by atoms with E-state index in [4.69, 9.17) is 11.6 Å². The van der Waals surface area contributed by atoms with Crippen LogP contribution in [0.4, 0.5) is 0 Å². The zero-order valence-corrected chi connectivity index (χ0v) is 7.98. The maximum Gasteiger partial charge on any atom is 0.255 e. The molecule has 1 aromatic heterocycles. The molecule has 0 saturated carbocycles. The lowest BCUT2D eigenvalue weighted by Gasteiger charge is -2.01. The van der Waals surface area contributed by atoms with Crippen LogP contribution in [0, 0.1) is 6.92 Å². The van der Waals surface area contributed by atoms with E-state index in [9.17, 15) is 4.79 Å². The Morgan fingerprint density at radius 3 is 3.00 bits per heavy atom. The summed E-state index contributed by atoms with van der Waals surface area (Å²) in [6, 6.07) is 0. The fourth-order valence-corrected chi connectivity index (χ4v) is 0.918. The summed E-state index contributed by atoms with van der Waals surface area (Å²) in [5, 5.41) is 9.39. The van der Waals surface area contributed by atoms with Crippen molar-refractivity contribution in [3.63, 3.8) is 0 Å². The average molecular weight is 200 g/mol. The Labute approximate surface area is 81.0 Å². The molecule has 0 spiro atoms. The minimum Gasteiger partial charge on any atom is -0.347 e. The van der Waals surface area contributed by atoms with Gasteiger partial charge in [-0.2, -0.15) is 5.10 Å². The van der Waals surface area contributed by atoms with E-state index in [0.29, 0.717) is 10.6 Å². The zero-order chi connectivity index (χ0) is 9.84. The van der Waals surface area contributed by atoms with Crippen molar-refractivity contribution in [2.24, 2.45) is 0 Å². The van der Waals surface area contributed by atoms with Crippen LogP contribution in [-0.4, -0.2) is 22.6 Å². The van der Waals surface area contributed by atoms with E-state index in [1.807, 2.05) is 0 Å². The third-order valence-electron chi connectivity index (χ3n) is 1.52. The van der Waals surface area contributed by atoms with Crippen molar-refractivity contribution in [1.82, 2.24) is 15.5 Å². The minimum atomic E-state index is -0.201. The summed E-state index contributed by atoms with van der Waals surface area (Å²) in [4.78, 5) is 11.4. The maximum absolute atomic E-state index is 11.4. The minimum absolute atomic E-state index is 0.201. The second kappa shape index (κ2) is 4.09. The van der Waals surface area contributed by atoms with Gasteiger partial charge in [0.1, 0.15) is 0 Å². The first kappa shape index (κ1) is 9.80. The highest BCUT2D eigenvalue weighted by Gasteiger charge is 2.09. The molecule has 0 atom stereocenters. The van der Waals surface area contributed by atoms with Gasteiger partial charge in [-0.15, -0.1) is 0 Å². The lowest BCUT2D eigenvalue weighted by atomic mass is 10.2. The van der Waals surface area contributed by atoms with Gasteiger partial charge in [-0.1, -0.05) is 18.2 Å². The molecule has 0 aliphatic heterocycles. The molecule has 0 aliphatic carbocycles. The summed E-state index contributed by atoms with van der Waals surface area (Å²) in [7, 11) is 0. The molecule has 1 heterocycles. The molecule has 0 bridgehead atoms. The predicted molar refractivity (Wildman–Crippen MR) is 50.7 cm³/mol. The van der Waals surface area contributed by atoms with Crippen molar-refractivity contribution in [2.75, 3.05) is 6.54 Å². The molecule has 0 unspecified atom stereocenters. The second-order valence-electron chi connectivity index (χ2n) is 2.61. The Balaban J connectivity index is 2.59. The molecular weight excluding hydrogens is 190 g/mol. The molecule has 0 aromatic carbocycles. The number of amides is 1. The van der Waals surface area contributed by atoms with E-state index in [1.165, 1.54) is 6.20 Å². The zero-order valence-electron chi connectivity index (χ0n) is 7.22. The molecule has 1 aromatic rings. The monoisotopic (exact) mass is 199 g/mol. The van der Waals surface area contributed by atoms with Gasteiger partial charge in [0.2, 0.25) is 0 Å². The number of aromatic nitrogens is 2. The normalized spacial score (nSPS) is 9.69. The van der Waals surface area contributed by atoms with Crippen LogP contribution in [0.5, 0.6) is 0 Å². The van der Waals surface area contributed by atoms with Crippen LogP contribution in [0.3, 0.4) is 0 Å². The van der Waals surface area contributed by atoms with E-state index in [2.05, 4.69) is 22.1 Å². The Bertz CT molecular complexity index is 332. The van der Waals surface area contributed by atoms with E-state index >= 15 is 0 Å². The fraction of sp³-hybridized carbons (Fsp3) is 0.250. The maximum atomic E-state index is 11.4. The summed E-state index contributed by atoms with van der Waals surface area (Å²) >= 11 is 5.49. The molecule has 0 aliphatic rings. The first-order valence-electron chi connectivity index (χ1n) is 3.72. The topological polar surface area (TPSA) is 57.8 Å². The smallest absolute Gasteiger partial charge is 0.255 e. The van der Waals surface area contributed by atoms with Crippen LogP contribution in [0.2, 0.25) is 0 Å². The number of nitrogens with zero attached hydrogens (tertiary/aromatic N) is 1. The Kier molecular flexibility index (Phi) is 3.08. The standard InChI is InChI=1S/C8H10ClN3O/c1-5(9)3-10-8(13)7-4-11-12-6(7)2/h4H,1,3H2,2H3,(H,10,13)(H,11,12). The van der Waals surface area contributed by atoms with Crippen molar-refractivity contribution in [1.29, 1.82) is 0 Å². The summed E-state index contributed by atoms with van der Waals surface area (Å²) in [6.07, 6.45) is 1.47. The van der Waals surface area contributed by atoms with Crippen LogP contribution < -0.4 is 5.32 Å². The molecule has 5 heteroatoms. The number of carbonyl (C=O) groups is 1. The van der Waals surface area contributed by atoms with Gasteiger partial charge in [0.15, 0.2) is 0 Å². The number of aromatic amines is 1. The molecule has 0 saturated heterocycles. The number of H-pyrrole nitrogens is 1. The van der Waals surface area contributed by atoms with Crippen LogP contribution in [-0.2, 0) is 0 Å². The number of rotatable bonds is 3. The number of hydrogen-bond donors (Lipinski definition) is 2. The van der Waals surface area contributed by atoms with Crippen molar-refractivity contribution in [3.05, 3.63) is 29.1 Å². The highest BCUT2D eigenvalue weighted by atomic mass is 35.5. The number of carbonyl (C=O) groups excluding carboxylic acids is 1. The van der Waals surface area contributed by atoms with Crippen LogP contribution in [0.25, 0.3) is 0 Å². The number of halogens is 1. The van der Waals surface area contributed by atoms with E-state index in [0.717, 1.165) is 5.69 Å². The molecule has 0 fully saturated rings. The quantitative estimate of drug-likeness (QED) is 0.769. The average Bonchev–Trinajstić information content (AvgIpc) is 2.47. The number of nitrogens with one attached hydrogen (secondary N) is 2. The van der Waals surface area contributed by atoms with Crippen LogP contribution in [0.15, 0.2) is 17.8 Å². The fourth-order valence-electron chi connectivity index (χ4n) is 0.851. The van der Waals surface area contributed by atoms with Gasteiger partial charge in [-0.25, -0.2) is 0 Å². The molecule has 1 amide bonds. The van der Waals surface area contributed by atoms with Gasteiger partial charge in [0.25, 0.3) is 5.91 Å². The summed E-state index contributed by atoms with van der Waals surface area (Å²) in [6.45, 7) is 5.50. The van der Waals surface area contributed by atoms with E-state index < -0.39 is 0 Å². The lowest BCUT2D eigenvalue weighted by Crippen LogP contribution is -2.24. The number of hydrogen-bond acceptors (Lipinski definition) is 2. The van der Waals surface area contributed by atoms with E-state index in [1.54, 1.807) is 6.92 Å². The highest BCUT2D eigenvalue weighted by molar-refractivity contribution is 6.29. The lowest BCUT2D eigenvalue weighted by molar-refractivity contribution is 0.0957. The predicted octanol–water partition coefficient (Wildman–Crippen LogP) is 1.20. The van der Waals surface area contributed by atoms with Gasteiger partial charge in [0, 0.05) is 10.7 Å². The van der Waals surface area contributed by atoms with E-state index in [-0.39, 0.29) is 12.5 Å². The van der Waals surface area contributed by atoms with Gasteiger partial charge in [-0.05, 0) is 6.92 Å². The molecule has 0 radical (unpaired) electrons. The summed E-state index contributed by atoms with van der Waals surface area (Å²) < 4.78 is 0. The molecular formula is C8H10ClN3O. The molecule has 2 N–H and O–H groups in total. The van der Waals surface area contributed by atoms with Crippen molar-refractivity contribution >= 4 is 17.5 Å². The SMILES string of the molecule is C=C(Cl)CNC(=O)c1cn[nH]c1C. The van der Waals surface area contributed by atoms with Gasteiger partial charge in [-0.3, -0.25) is 9.89 Å². The first-order valence-corrected chi connectivity index (χ1v) is 4.10. The molecule has 70 valence electrons. The third-order valence-corrected chi connectivity index (χ3v) is 1.65. The molecule has 1 rings (SSSR count). The summed E-state index contributed by atoms with van der Waals surface area (Å²) in [5.74, 6) is -0.201. The van der Waals surface area contributed by atoms with Crippen LogP contribution >= 0.6 is 11.6 Å². The van der Waals surface area contributed by atoms with Crippen molar-refractivity contribution in [2.45, 2.75) is 6.92 Å². The van der Waals surface area contributed by atoms with Crippen molar-refractivity contribution in [3.8, 4) is 0 Å². The number of aryl methyl sites for hydroxylation is 1. The molecule has 13 heavy (non-hydrogen) atoms. The van der Waals surface area contributed by atoms with Crippen LogP contribution in [0.1, 0.15) is 16.1 Å². The largest absolute Gasteiger partial charge is 0.347 e. The third kappa shape index (κ3) is 2.59. The van der Waals surface area contributed by atoms with Crippen molar-refractivity contribution < 1.29 is 4.79 Å². The summed E-state index contributed by atoms with van der Waals surface area (Å²) in [5.41, 5.74) is 1.26. The van der Waals surface area contributed by atoms with Gasteiger partial charge < -0.3 is 5.32 Å². The Morgan fingerprint density at radius 2 is 2.54 bits per heavy atom. The first-order chi connectivity index (χ1) is 6.11. The van der Waals surface area contributed by atoms with Gasteiger partial charge in [0.05, 0.1) is 18.3 Å². The Morgan fingerprint density at radius 1 is 1.85 bits per heavy atom. The van der Waals surface area contributed by atoms with Gasteiger partial charge >= 0.3 is 0 Å². The Hall–Kier alpha value is -1.29. The highest BCUT2D eigenvalue weighted by Crippen LogP contribution is 2.02.